The first-order valence-electron chi connectivity index (χ1n) is 5.45. The first-order chi connectivity index (χ1) is 9.22. The number of benzene rings is 1. The Morgan fingerprint density at radius 3 is 2.79 bits per heavy atom. The van der Waals surface area contributed by atoms with Gasteiger partial charge in [-0.15, -0.1) is 0 Å². The minimum Gasteiger partial charge on any atom is -0.487 e. The van der Waals surface area contributed by atoms with Gasteiger partial charge >= 0.3 is 0 Å². The number of aromatic nitrogens is 1. The fourth-order valence-electron chi connectivity index (χ4n) is 1.44. The van der Waals surface area contributed by atoms with Gasteiger partial charge in [-0.3, -0.25) is 4.79 Å². The number of nitrogens with zero attached hydrogens (tertiary/aromatic N) is 2. The van der Waals surface area contributed by atoms with Gasteiger partial charge in [0.25, 0.3) is 0 Å². The second-order valence-electron chi connectivity index (χ2n) is 3.74. The van der Waals surface area contributed by atoms with Crippen molar-refractivity contribution in [2.45, 2.75) is 6.61 Å². The van der Waals surface area contributed by atoms with E-state index in [0.29, 0.717) is 28.3 Å². The molecule has 1 aromatic heterocycles. The number of ether oxygens (including phenoxy) is 1. The molecule has 0 bridgehead atoms. The lowest BCUT2D eigenvalue weighted by Gasteiger charge is -2.07. The number of hydrogen-bond donors (Lipinski definition) is 0. The summed E-state index contributed by atoms with van der Waals surface area (Å²) in [5.41, 5.74) is 1.63. The molecule has 0 amide bonds. The van der Waals surface area contributed by atoms with Crippen LogP contribution < -0.4 is 4.74 Å². The standard InChI is InChI=1S/C14H9ClN2O2/c15-14-5-10(6-16)1-2-11(14)9-19-13-4-3-12(8-18)17-7-13/h1-5,7-8H,9H2. The van der Waals surface area contributed by atoms with Crippen molar-refractivity contribution >= 4 is 17.9 Å². The minimum atomic E-state index is 0.270. The Morgan fingerprint density at radius 1 is 1.37 bits per heavy atom. The maximum atomic E-state index is 10.5. The molecule has 2 aromatic rings. The van der Waals surface area contributed by atoms with Crippen LogP contribution in [-0.4, -0.2) is 11.3 Å². The Balaban J connectivity index is 2.05. The minimum absolute atomic E-state index is 0.270. The number of carbonyl (C=O) groups excluding carboxylic acids is 1. The van der Waals surface area contributed by atoms with E-state index < -0.39 is 0 Å². The number of rotatable bonds is 4. The SMILES string of the molecule is N#Cc1ccc(COc2ccc(C=O)nc2)c(Cl)c1. The van der Waals surface area contributed by atoms with Gasteiger partial charge in [0.1, 0.15) is 18.1 Å². The largest absolute Gasteiger partial charge is 0.487 e. The molecule has 5 heteroatoms. The monoisotopic (exact) mass is 272 g/mol. The average Bonchev–Trinajstić information content (AvgIpc) is 2.46. The predicted molar refractivity (Wildman–Crippen MR) is 70.1 cm³/mol. The molecule has 0 aliphatic rings. The molecule has 0 fully saturated rings. The molecular weight excluding hydrogens is 264 g/mol. The van der Waals surface area contributed by atoms with Gasteiger partial charge in [-0.2, -0.15) is 5.26 Å². The highest BCUT2D eigenvalue weighted by Crippen LogP contribution is 2.20. The molecule has 0 saturated carbocycles. The molecule has 0 radical (unpaired) electrons. The zero-order valence-corrected chi connectivity index (χ0v) is 10.6. The molecule has 0 N–H and O–H groups in total. The number of aldehydes is 1. The topological polar surface area (TPSA) is 63.0 Å². The normalized spacial score (nSPS) is 9.68. The van der Waals surface area contributed by atoms with Crippen molar-refractivity contribution in [3.8, 4) is 11.8 Å². The number of nitriles is 1. The highest BCUT2D eigenvalue weighted by atomic mass is 35.5. The molecule has 0 aliphatic carbocycles. The first kappa shape index (κ1) is 13.1. The quantitative estimate of drug-likeness (QED) is 0.803. The zero-order valence-electron chi connectivity index (χ0n) is 9.84. The van der Waals surface area contributed by atoms with E-state index in [0.717, 1.165) is 5.56 Å². The number of halogens is 1. The predicted octanol–water partition coefficient (Wildman–Crippen LogP) is 3.00. The van der Waals surface area contributed by atoms with E-state index in [1.165, 1.54) is 6.20 Å². The molecule has 0 unspecified atom stereocenters. The zero-order chi connectivity index (χ0) is 13.7. The van der Waals surface area contributed by atoms with E-state index >= 15 is 0 Å². The summed E-state index contributed by atoms with van der Waals surface area (Å²) in [7, 11) is 0. The highest BCUT2D eigenvalue weighted by molar-refractivity contribution is 6.31. The molecule has 0 aliphatic heterocycles. The van der Waals surface area contributed by atoms with Crippen LogP contribution in [0.4, 0.5) is 0 Å². The van der Waals surface area contributed by atoms with Gasteiger partial charge < -0.3 is 4.74 Å². The maximum Gasteiger partial charge on any atom is 0.168 e. The van der Waals surface area contributed by atoms with Crippen LogP contribution in [0.1, 0.15) is 21.6 Å². The fourth-order valence-corrected chi connectivity index (χ4v) is 1.68. The van der Waals surface area contributed by atoms with Gasteiger partial charge in [-0.25, -0.2) is 4.98 Å². The van der Waals surface area contributed by atoms with Gasteiger partial charge in [0, 0.05) is 10.6 Å². The Hall–Kier alpha value is -2.38. The van der Waals surface area contributed by atoms with Crippen LogP contribution in [0.25, 0.3) is 0 Å². The Morgan fingerprint density at radius 2 is 2.21 bits per heavy atom. The summed E-state index contributed by atoms with van der Waals surface area (Å²) in [4.78, 5) is 14.3. The molecule has 94 valence electrons. The third-order valence-corrected chi connectivity index (χ3v) is 2.81. The lowest BCUT2D eigenvalue weighted by molar-refractivity contribution is 0.111. The summed E-state index contributed by atoms with van der Waals surface area (Å²) >= 11 is 6.03. The third kappa shape index (κ3) is 3.30. The van der Waals surface area contributed by atoms with Crippen LogP contribution in [0.2, 0.25) is 5.02 Å². The average molecular weight is 273 g/mol. The second-order valence-corrected chi connectivity index (χ2v) is 4.15. The van der Waals surface area contributed by atoms with Crippen molar-refractivity contribution in [2.75, 3.05) is 0 Å². The Bertz CT molecular complexity index is 633. The lowest BCUT2D eigenvalue weighted by atomic mass is 10.1. The fraction of sp³-hybridized carbons (Fsp3) is 0.0714. The Labute approximate surface area is 115 Å². The van der Waals surface area contributed by atoms with Crippen LogP contribution in [0, 0.1) is 11.3 Å². The first-order valence-corrected chi connectivity index (χ1v) is 5.83. The molecule has 4 nitrogen and oxygen atoms in total. The van der Waals surface area contributed by atoms with E-state index in [4.69, 9.17) is 21.6 Å². The van der Waals surface area contributed by atoms with Crippen LogP contribution in [0.5, 0.6) is 5.75 Å². The van der Waals surface area contributed by atoms with Crippen LogP contribution in [0.15, 0.2) is 36.5 Å². The molecule has 2 rings (SSSR count). The van der Waals surface area contributed by atoms with Crippen molar-refractivity contribution in [1.29, 1.82) is 5.26 Å². The van der Waals surface area contributed by atoms with E-state index in [-0.39, 0.29) is 6.61 Å². The second kappa shape index (κ2) is 5.98. The van der Waals surface area contributed by atoms with Gasteiger partial charge in [0.05, 0.1) is 17.8 Å². The summed E-state index contributed by atoms with van der Waals surface area (Å²) in [6.45, 7) is 0.270. The van der Waals surface area contributed by atoms with E-state index in [1.54, 1.807) is 30.3 Å². The van der Waals surface area contributed by atoms with Crippen molar-refractivity contribution in [3.63, 3.8) is 0 Å². The van der Waals surface area contributed by atoms with Crippen molar-refractivity contribution in [1.82, 2.24) is 4.98 Å². The van der Waals surface area contributed by atoms with Crippen molar-refractivity contribution < 1.29 is 9.53 Å². The van der Waals surface area contributed by atoms with Crippen LogP contribution >= 0.6 is 11.6 Å². The molecule has 1 aromatic carbocycles. The van der Waals surface area contributed by atoms with E-state index in [2.05, 4.69) is 4.98 Å². The van der Waals surface area contributed by atoms with Crippen LogP contribution in [0.3, 0.4) is 0 Å². The van der Waals surface area contributed by atoms with E-state index in [9.17, 15) is 4.79 Å². The Kier molecular flexibility index (Phi) is 4.11. The lowest BCUT2D eigenvalue weighted by Crippen LogP contribution is -1.97. The number of carbonyl (C=O) groups is 1. The smallest absolute Gasteiger partial charge is 0.168 e. The van der Waals surface area contributed by atoms with E-state index in [1.807, 2.05) is 6.07 Å². The molecule has 0 saturated heterocycles. The van der Waals surface area contributed by atoms with Crippen molar-refractivity contribution in [2.24, 2.45) is 0 Å². The maximum absolute atomic E-state index is 10.5. The number of pyridine rings is 1. The molecule has 0 atom stereocenters. The molecular formula is C14H9ClN2O2. The summed E-state index contributed by atoms with van der Waals surface area (Å²) in [6.07, 6.45) is 2.14. The van der Waals surface area contributed by atoms with Crippen molar-refractivity contribution in [3.05, 3.63) is 58.4 Å². The summed E-state index contributed by atoms with van der Waals surface area (Å²) in [5, 5.41) is 9.22. The molecule has 0 spiro atoms. The highest BCUT2D eigenvalue weighted by Gasteiger charge is 2.03. The van der Waals surface area contributed by atoms with Gasteiger partial charge in [-0.1, -0.05) is 17.7 Å². The number of hydrogen-bond acceptors (Lipinski definition) is 4. The van der Waals surface area contributed by atoms with Gasteiger partial charge in [0.15, 0.2) is 6.29 Å². The summed E-state index contributed by atoms with van der Waals surface area (Å²) < 4.78 is 5.50. The summed E-state index contributed by atoms with van der Waals surface area (Å²) in [5.74, 6) is 0.547. The summed E-state index contributed by atoms with van der Waals surface area (Å²) in [6, 6.07) is 10.3. The third-order valence-electron chi connectivity index (χ3n) is 2.46. The van der Waals surface area contributed by atoms with Crippen LogP contribution in [-0.2, 0) is 6.61 Å². The van der Waals surface area contributed by atoms with Gasteiger partial charge in [0.2, 0.25) is 0 Å². The molecule has 19 heavy (non-hydrogen) atoms. The van der Waals surface area contributed by atoms with Gasteiger partial charge in [-0.05, 0) is 24.3 Å². The molecule has 1 heterocycles.